The molecule has 3 rings (SSSR count). The summed E-state index contributed by atoms with van der Waals surface area (Å²) in [5.74, 6) is 0.736. The lowest BCUT2D eigenvalue weighted by Gasteiger charge is -2.32. The van der Waals surface area contributed by atoms with Gasteiger partial charge in [0.15, 0.2) is 0 Å². The molecule has 0 saturated carbocycles. The average molecular weight is 373 g/mol. The number of halogens is 3. The van der Waals surface area contributed by atoms with Crippen LogP contribution in [0.5, 0.6) is 0 Å². The number of benzene rings is 1. The molecule has 9 heteroatoms. The van der Waals surface area contributed by atoms with Gasteiger partial charge in [0.1, 0.15) is 11.9 Å². The fraction of sp³-hybridized carbons (Fsp3) is 0.500. The first-order chi connectivity index (χ1) is 12.0. The van der Waals surface area contributed by atoms with E-state index in [0.717, 1.165) is 28.7 Å². The summed E-state index contributed by atoms with van der Waals surface area (Å²) in [6, 6.07) is 5.12. The van der Waals surface area contributed by atoms with Gasteiger partial charge in [-0.1, -0.05) is 12.1 Å². The van der Waals surface area contributed by atoms with Gasteiger partial charge in [-0.2, -0.15) is 17.5 Å². The SMILES string of the molecule is COCCc1nsc(N2CCOC(c3ccc(C(F)(F)F)cc3)C2)n1. The Bertz CT molecular complexity index is 691. The van der Waals surface area contributed by atoms with Gasteiger partial charge in [-0.15, -0.1) is 0 Å². The molecule has 2 heterocycles. The summed E-state index contributed by atoms with van der Waals surface area (Å²) in [6.07, 6.45) is -3.97. The molecule has 1 aliphatic heterocycles. The normalized spacial score (nSPS) is 18.6. The Kier molecular flexibility index (Phi) is 5.55. The number of methoxy groups -OCH3 is 1. The van der Waals surface area contributed by atoms with E-state index in [2.05, 4.69) is 14.3 Å². The van der Waals surface area contributed by atoms with Crippen molar-refractivity contribution in [3.05, 3.63) is 41.2 Å². The third-order valence-electron chi connectivity index (χ3n) is 3.93. The van der Waals surface area contributed by atoms with Crippen LogP contribution in [0, 0.1) is 0 Å². The van der Waals surface area contributed by atoms with Crippen molar-refractivity contribution in [2.24, 2.45) is 0 Å². The number of alkyl halides is 3. The molecule has 1 fully saturated rings. The molecule has 0 N–H and O–H groups in total. The molecule has 5 nitrogen and oxygen atoms in total. The van der Waals surface area contributed by atoms with Crippen LogP contribution in [0.15, 0.2) is 24.3 Å². The molecule has 1 saturated heterocycles. The van der Waals surface area contributed by atoms with Crippen LogP contribution in [0.3, 0.4) is 0 Å². The van der Waals surface area contributed by atoms with Gasteiger partial charge >= 0.3 is 6.18 Å². The molecule has 1 aromatic heterocycles. The Hall–Kier alpha value is -1.71. The maximum Gasteiger partial charge on any atom is 0.416 e. The molecule has 1 unspecified atom stereocenters. The van der Waals surface area contributed by atoms with Crippen LogP contribution in [0.2, 0.25) is 0 Å². The van der Waals surface area contributed by atoms with E-state index in [1.54, 1.807) is 7.11 Å². The topological polar surface area (TPSA) is 47.5 Å². The number of nitrogens with zero attached hydrogens (tertiary/aromatic N) is 3. The molecule has 2 aromatic rings. The minimum Gasteiger partial charge on any atom is -0.384 e. The summed E-state index contributed by atoms with van der Waals surface area (Å²) in [5.41, 5.74) is 0.0673. The highest BCUT2D eigenvalue weighted by atomic mass is 32.1. The minimum absolute atomic E-state index is 0.289. The van der Waals surface area contributed by atoms with Crippen molar-refractivity contribution < 1.29 is 22.6 Å². The number of ether oxygens (including phenoxy) is 2. The fourth-order valence-corrected chi connectivity index (χ4v) is 3.33. The van der Waals surface area contributed by atoms with Gasteiger partial charge in [0.2, 0.25) is 5.13 Å². The first kappa shape index (κ1) is 18.1. The predicted molar refractivity (Wildman–Crippen MR) is 87.8 cm³/mol. The van der Waals surface area contributed by atoms with E-state index in [1.807, 2.05) is 0 Å². The largest absolute Gasteiger partial charge is 0.416 e. The van der Waals surface area contributed by atoms with E-state index in [0.29, 0.717) is 32.7 Å². The highest BCUT2D eigenvalue weighted by Crippen LogP contribution is 2.32. The van der Waals surface area contributed by atoms with Crippen LogP contribution in [-0.2, 0) is 22.1 Å². The summed E-state index contributed by atoms with van der Waals surface area (Å²) in [7, 11) is 1.63. The molecule has 1 aromatic carbocycles. The van der Waals surface area contributed by atoms with Gasteiger partial charge in [0, 0.05) is 31.6 Å². The van der Waals surface area contributed by atoms with E-state index >= 15 is 0 Å². The molecule has 0 aliphatic carbocycles. The fourth-order valence-electron chi connectivity index (χ4n) is 2.58. The molecular weight excluding hydrogens is 355 g/mol. The van der Waals surface area contributed by atoms with Gasteiger partial charge < -0.3 is 14.4 Å². The number of hydrogen-bond acceptors (Lipinski definition) is 6. The zero-order valence-corrected chi connectivity index (χ0v) is 14.4. The molecule has 0 radical (unpaired) electrons. The van der Waals surface area contributed by atoms with E-state index in [-0.39, 0.29) is 6.10 Å². The minimum atomic E-state index is -4.33. The number of rotatable bonds is 5. The molecule has 0 spiro atoms. The highest BCUT2D eigenvalue weighted by Gasteiger charge is 2.31. The maximum absolute atomic E-state index is 12.7. The molecule has 0 bridgehead atoms. The summed E-state index contributed by atoms with van der Waals surface area (Å²) >= 11 is 1.31. The summed E-state index contributed by atoms with van der Waals surface area (Å²) in [4.78, 5) is 6.55. The Morgan fingerprint density at radius 2 is 2.08 bits per heavy atom. The van der Waals surface area contributed by atoms with Gasteiger partial charge in [-0.05, 0) is 17.7 Å². The maximum atomic E-state index is 12.7. The van der Waals surface area contributed by atoms with Crippen LogP contribution in [-0.4, -0.2) is 42.8 Å². The average Bonchev–Trinajstić information content (AvgIpc) is 3.08. The summed E-state index contributed by atoms with van der Waals surface area (Å²) in [5, 5.41) is 0.798. The van der Waals surface area contributed by atoms with Crippen molar-refractivity contribution in [2.75, 3.05) is 38.3 Å². The second kappa shape index (κ2) is 7.67. The highest BCUT2D eigenvalue weighted by molar-refractivity contribution is 7.09. The smallest absolute Gasteiger partial charge is 0.384 e. The Morgan fingerprint density at radius 1 is 1.32 bits per heavy atom. The van der Waals surface area contributed by atoms with E-state index in [9.17, 15) is 13.2 Å². The quantitative estimate of drug-likeness (QED) is 0.805. The number of hydrogen-bond donors (Lipinski definition) is 0. The Morgan fingerprint density at radius 3 is 2.76 bits per heavy atom. The third kappa shape index (κ3) is 4.47. The molecular formula is C16H18F3N3O2S. The first-order valence-electron chi connectivity index (χ1n) is 7.82. The van der Waals surface area contributed by atoms with Crippen molar-refractivity contribution >= 4 is 16.7 Å². The second-order valence-corrected chi connectivity index (χ2v) is 6.39. The van der Waals surface area contributed by atoms with Crippen LogP contribution in [0.25, 0.3) is 0 Å². The molecule has 1 atom stereocenters. The predicted octanol–water partition coefficient (Wildman–Crippen LogP) is 3.32. The monoisotopic (exact) mass is 373 g/mol. The van der Waals surface area contributed by atoms with Crippen LogP contribution >= 0.6 is 11.5 Å². The summed E-state index contributed by atoms with van der Waals surface area (Å²) in [6.45, 7) is 2.26. The van der Waals surface area contributed by atoms with Gasteiger partial charge in [0.25, 0.3) is 0 Å². The van der Waals surface area contributed by atoms with Crippen molar-refractivity contribution in [2.45, 2.75) is 18.7 Å². The molecule has 136 valence electrons. The van der Waals surface area contributed by atoms with Crippen LogP contribution in [0.1, 0.15) is 23.1 Å². The number of morpholine rings is 1. The van der Waals surface area contributed by atoms with E-state index < -0.39 is 11.7 Å². The van der Waals surface area contributed by atoms with Gasteiger partial charge in [-0.25, -0.2) is 4.98 Å². The van der Waals surface area contributed by atoms with Crippen molar-refractivity contribution in [1.29, 1.82) is 0 Å². The molecule has 1 aliphatic rings. The lowest BCUT2D eigenvalue weighted by molar-refractivity contribution is -0.137. The van der Waals surface area contributed by atoms with Gasteiger partial charge in [-0.3, -0.25) is 0 Å². The molecule has 0 amide bonds. The van der Waals surface area contributed by atoms with Crippen molar-refractivity contribution in [3.63, 3.8) is 0 Å². The lowest BCUT2D eigenvalue weighted by Crippen LogP contribution is -2.38. The number of aromatic nitrogens is 2. The Balaban J connectivity index is 1.67. The van der Waals surface area contributed by atoms with Gasteiger partial charge in [0.05, 0.1) is 25.3 Å². The molecule has 25 heavy (non-hydrogen) atoms. The first-order valence-corrected chi connectivity index (χ1v) is 8.60. The standard InChI is InChI=1S/C16H18F3N3O2S/c1-23-8-6-14-20-15(25-21-14)22-7-9-24-13(10-22)11-2-4-12(5-3-11)16(17,18)19/h2-5,13H,6-10H2,1H3. The second-order valence-electron chi connectivity index (χ2n) is 5.66. The van der Waals surface area contributed by atoms with E-state index in [4.69, 9.17) is 9.47 Å². The lowest BCUT2D eigenvalue weighted by atomic mass is 10.1. The van der Waals surface area contributed by atoms with Crippen LogP contribution < -0.4 is 4.90 Å². The Labute approximate surface area is 147 Å². The van der Waals surface area contributed by atoms with Crippen LogP contribution in [0.4, 0.5) is 18.3 Å². The van der Waals surface area contributed by atoms with Crippen molar-refractivity contribution in [3.8, 4) is 0 Å². The van der Waals surface area contributed by atoms with Crippen molar-refractivity contribution in [1.82, 2.24) is 9.36 Å². The number of anilines is 1. The summed E-state index contributed by atoms with van der Waals surface area (Å²) < 4.78 is 53.1. The van der Waals surface area contributed by atoms with E-state index in [1.165, 1.54) is 23.7 Å². The third-order valence-corrected chi connectivity index (χ3v) is 4.75. The zero-order valence-electron chi connectivity index (χ0n) is 13.6. The zero-order chi connectivity index (χ0) is 17.9.